The molecule has 0 amide bonds. The molecule has 1 aliphatic carbocycles. The molecule has 0 unspecified atom stereocenters. The van der Waals surface area contributed by atoms with Crippen LogP contribution in [0.3, 0.4) is 0 Å². The van der Waals surface area contributed by atoms with Gasteiger partial charge in [-0.2, -0.15) is 13.1 Å². The fraction of sp³-hybridized carbons (Fsp3) is 0.933. The molecule has 1 rings (SSSR count). The van der Waals surface area contributed by atoms with Gasteiger partial charge in [0.2, 0.25) is 0 Å². The van der Waals surface area contributed by atoms with Crippen molar-refractivity contribution in [3.05, 3.63) is 18.1 Å². The summed E-state index contributed by atoms with van der Waals surface area (Å²) in [7, 11) is 4.32. The predicted octanol–water partition coefficient (Wildman–Crippen LogP) is 4.31. The molecule has 19 heavy (non-hydrogen) atoms. The summed E-state index contributed by atoms with van der Waals surface area (Å²) in [6.45, 7) is 7.79. The Morgan fingerprint density at radius 2 is 1.47 bits per heavy atom. The van der Waals surface area contributed by atoms with Gasteiger partial charge in [-0.3, -0.25) is 6.67 Å². The summed E-state index contributed by atoms with van der Waals surface area (Å²) in [6, 6.07) is 0. The van der Waals surface area contributed by atoms with Crippen molar-refractivity contribution in [1.82, 2.24) is 4.90 Å². The summed E-state index contributed by atoms with van der Waals surface area (Å²) in [4.78, 5) is 2.29. The minimum absolute atomic E-state index is 0. The molecule has 0 aromatic rings. The second-order valence-corrected chi connectivity index (χ2v) is 4.96. The normalized spacial score (nSPS) is 14.4. The van der Waals surface area contributed by atoms with Crippen molar-refractivity contribution in [1.29, 1.82) is 0 Å². The molecule has 0 aromatic carbocycles. The molecule has 1 saturated carbocycles. The Kier molecular flexibility index (Phi) is 25.2. The van der Waals surface area contributed by atoms with Crippen LogP contribution in [0.4, 0.5) is 0 Å². The molecule has 0 atom stereocenters. The Bertz CT molecular complexity index is 144. The van der Waals surface area contributed by atoms with E-state index in [1.165, 1.54) is 38.6 Å². The number of hydrogen-bond donors (Lipinski definition) is 0. The van der Waals surface area contributed by atoms with E-state index in [-0.39, 0.29) is 43.0 Å². The molecule has 0 spiro atoms. The zero-order chi connectivity index (χ0) is 12.9. The largest absolute Gasteiger partial charge is 0.681 e. The van der Waals surface area contributed by atoms with E-state index in [0.717, 1.165) is 19.0 Å². The molecule has 0 heterocycles. The molecule has 0 aliphatic heterocycles. The second kappa shape index (κ2) is 19.1. The smallest absolute Gasteiger partial charge is 0 e. The van der Waals surface area contributed by atoms with Crippen molar-refractivity contribution in [2.24, 2.45) is 5.92 Å². The fourth-order valence-electron chi connectivity index (χ4n) is 2.01. The quantitative estimate of drug-likeness (QED) is 0.467. The zero-order valence-electron chi connectivity index (χ0n) is 13.9. The Balaban J connectivity index is -0.000000258. The Hall–Kier alpha value is 1.07. The van der Waals surface area contributed by atoms with E-state index in [1.54, 1.807) is 0 Å². The summed E-state index contributed by atoms with van der Waals surface area (Å²) >= 11 is 0. The number of rotatable bonds is 7. The molecule has 1 fully saturated rings. The maximum Gasteiger partial charge on any atom is 0 e. The molecule has 1 radical (unpaired) electrons. The first-order chi connectivity index (χ1) is 8.20. The second-order valence-electron chi connectivity index (χ2n) is 4.96. The van der Waals surface area contributed by atoms with E-state index in [2.05, 4.69) is 29.6 Å². The van der Waals surface area contributed by atoms with E-state index < -0.39 is 0 Å². The molecule has 115 valence electrons. The summed E-state index contributed by atoms with van der Waals surface area (Å²) < 4.78 is 0. The van der Waals surface area contributed by atoms with Crippen molar-refractivity contribution in [3.8, 4) is 0 Å². The maximum absolute atomic E-state index is 3.99. The third-order valence-corrected chi connectivity index (χ3v) is 3.11. The van der Waals surface area contributed by atoms with Gasteiger partial charge in [-0.25, -0.2) is 0 Å². The van der Waals surface area contributed by atoms with Crippen molar-refractivity contribution in [2.45, 2.75) is 46.0 Å². The average molecular weight is 395 g/mol. The van der Waals surface area contributed by atoms with Gasteiger partial charge in [0.25, 0.3) is 0 Å². The van der Waals surface area contributed by atoms with Crippen LogP contribution < -0.4 is 0 Å². The molecule has 1 aliphatic rings. The Labute approximate surface area is 150 Å². The van der Waals surface area contributed by atoms with Gasteiger partial charge in [-0.15, -0.1) is 0 Å². The molecule has 0 N–H and O–H groups in total. The van der Waals surface area contributed by atoms with E-state index in [0.29, 0.717) is 6.67 Å². The average Bonchev–Trinajstić information content (AvgIpc) is 2.81. The first-order valence-corrected chi connectivity index (χ1v) is 7.11. The minimum Gasteiger partial charge on any atom is -0.681 e. The van der Waals surface area contributed by atoms with E-state index in [1.807, 2.05) is 13.8 Å². The Morgan fingerprint density at radius 3 is 1.84 bits per heavy atom. The van der Waals surface area contributed by atoms with Crippen LogP contribution >= 0.6 is 0 Å². The summed E-state index contributed by atoms with van der Waals surface area (Å²) in [5.41, 5.74) is 0. The van der Waals surface area contributed by atoms with Crippen LogP contribution in [0, 0.1) is 48.9 Å². The zero-order valence-corrected chi connectivity index (χ0v) is 17.5. The molecule has 4 heteroatoms. The summed E-state index contributed by atoms with van der Waals surface area (Å²) in [5.74, 6) is 1.06. The predicted molar refractivity (Wildman–Crippen MR) is 84.2 cm³/mol. The van der Waals surface area contributed by atoms with Gasteiger partial charge >= 0.3 is 0 Å². The van der Waals surface area contributed by atoms with Crippen molar-refractivity contribution < 1.29 is 35.6 Å². The maximum atomic E-state index is 3.99. The monoisotopic (exact) mass is 395 g/mol. The fourth-order valence-corrected chi connectivity index (χ4v) is 2.01. The van der Waals surface area contributed by atoms with E-state index in [9.17, 15) is 0 Å². The molecule has 3 nitrogen and oxygen atoms in total. The van der Waals surface area contributed by atoms with E-state index in [4.69, 9.17) is 0 Å². The van der Waals surface area contributed by atoms with Gasteiger partial charge in [0, 0.05) is 35.6 Å². The van der Waals surface area contributed by atoms with E-state index >= 15 is 0 Å². The molecular formula is C15H34LaN3-3. The van der Waals surface area contributed by atoms with Crippen LogP contribution in [0.2, 0.25) is 0 Å². The number of nitrogens with zero attached hydrogens (tertiary/aromatic N) is 3. The van der Waals surface area contributed by atoms with Gasteiger partial charge in [0.1, 0.15) is 0 Å². The third-order valence-electron chi connectivity index (χ3n) is 3.11. The Morgan fingerprint density at radius 1 is 1.00 bits per heavy atom. The van der Waals surface area contributed by atoms with Crippen molar-refractivity contribution >= 4 is 0 Å². The standard InChI is InChI=1S/C9H19N.C5H12N2.CH3.La/c1-10(2)8-7-9-5-3-4-6-9;1-3-6-5-7-4-2;;/h9H,3-8H2,1-2H3;3-5H2,1-2H3;1H3;/q;-2;-1;. The number of hydrogen-bond acceptors (Lipinski definition) is 1. The topological polar surface area (TPSA) is 31.4 Å². The molecular weight excluding hydrogens is 361 g/mol. The van der Waals surface area contributed by atoms with Crippen LogP contribution in [0.25, 0.3) is 10.6 Å². The van der Waals surface area contributed by atoms with Gasteiger partial charge in [0.05, 0.1) is 0 Å². The minimum atomic E-state index is 0. The molecule has 0 bridgehead atoms. The van der Waals surface area contributed by atoms with Gasteiger partial charge in [-0.1, -0.05) is 39.5 Å². The van der Waals surface area contributed by atoms with Crippen LogP contribution in [0.15, 0.2) is 0 Å². The van der Waals surface area contributed by atoms with Gasteiger partial charge in [0.15, 0.2) is 0 Å². The van der Waals surface area contributed by atoms with Gasteiger partial charge < -0.3 is 23.0 Å². The van der Waals surface area contributed by atoms with Crippen LogP contribution in [-0.2, 0) is 0 Å². The molecule has 0 saturated heterocycles. The first kappa shape index (κ1) is 25.1. The van der Waals surface area contributed by atoms with Crippen LogP contribution in [-0.4, -0.2) is 45.3 Å². The third kappa shape index (κ3) is 19.1. The van der Waals surface area contributed by atoms with Crippen LogP contribution in [0.1, 0.15) is 46.0 Å². The SMILES string of the molecule is CC[N-]C[N-]CC.CN(C)CCC1CCCC1.[CH3-].[La]. The van der Waals surface area contributed by atoms with Crippen molar-refractivity contribution in [2.75, 3.05) is 40.4 Å². The van der Waals surface area contributed by atoms with Crippen LogP contribution in [0.5, 0.6) is 0 Å². The van der Waals surface area contributed by atoms with Crippen molar-refractivity contribution in [3.63, 3.8) is 0 Å². The first-order valence-electron chi connectivity index (χ1n) is 7.11. The summed E-state index contributed by atoms with van der Waals surface area (Å²) in [6.07, 6.45) is 7.38. The van der Waals surface area contributed by atoms with Gasteiger partial charge in [-0.05, 0) is 33.0 Å². The molecule has 0 aromatic heterocycles. The summed E-state index contributed by atoms with van der Waals surface area (Å²) in [5, 5.41) is 7.99.